The predicted octanol–water partition coefficient (Wildman–Crippen LogP) is 2.31. The SMILES string of the molecule is CC1CC(Nc2cnn3ccccc23)CCO1. The summed E-state index contributed by atoms with van der Waals surface area (Å²) >= 11 is 0. The molecule has 0 radical (unpaired) electrons. The minimum atomic E-state index is 0.350. The summed E-state index contributed by atoms with van der Waals surface area (Å²) in [6.07, 6.45) is 6.34. The molecular formula is C13H17N3O. The van der Waals surface area contributed by atoms with Crippen LogP contribution >= 0.6 is 0 Å². The lowest BCUT2D eigenvalue weighted by molar-refractivity contribution is 0.0232. The van der Waals surface area contributed by atoms with Gasteiger partial charge in [-0.2, -0.15) is 5.10 Å². The van der Waals surface area contributed by atoms with E-state index in [1.54, 1.807) is 0 Å². The van der Waals surface area contributed by atoms with Crippen LogP contribution in [-0.2, 0) is 4.74 Å². The van der Waals surface area contributed by atoms with Crippen molar-refractivity contribution in [1.29, 1.82) is 0 Å². The van der Waals surface area contributed by atoms with E-state index < -0.39 is 0 Å². The Labute approximate surface area is 101 Å². The Kier molecular flexibility index (Phi) is 2.73. The molecule has 3 rings (SSSR count). The number of nitrogens with zero attached hydrogens (tertiary/aromatic N) is 2. The molecule has 1 aliphatic rings. The molecular weight excluding hydrogens is 214 g/mol. The van der Waals surface area contributed by atoms with Crippen LogP contribution in [0.4, 0.5) is 5.69 Å². The number of anilines is 1. The molecule has 2 atom stereocenters. The van der Waals surface area contributed by atoms with E-state index in [1.165, 1.54) is 0 Å². The summed E-state index contributed by atoms with van der Waals surface area (Å²) in [5, 5.41) is 7.90. The van der Waals surface area contributed by atoms with E-state index in [0.717, 1.165) is 30.7 Å². The highest BCUT2D eigenvalue weighted by molar-refractivity contribution is 5.71. The van der Waals surface area contributed by atoms with E-state index >= 15 is 0 Å². The number of rotatable bonds is 2. The van der Waals surface area contributed by atoms with E-state index in [4.69, 9.17) is 4.74 Å². The highest BCUT2D eigenvalue weighted by Gasteiger charge is 2.19. The topological polar surface area (TPSA) is 38.6 Å². The monoisotopic (exact) mass is 231 g/mol. The Balaban J connectivity index is 1.80. The summed E-state index contributed by atoms with van der Waals surface area (Å²) in [7, 11) is 0. The molecule has 0 bridgehead atoms. The minimum Gasteiger partial charge on any atom is -0.379 e. The fraction of sp³-hybridized carbons (Fsp3) is 0.462. The van der Waals surface area contributed by atoms with Crippen molar-refractivity contribution >= 4 is 11.2 Å². The maximum Gasteiger partial charge on any atom is 0.0893 e. The molecule has 0 amide bonds. The standard InChI is InChI=1S/C13H17N3O/c1-10-8-11(5-7-17-10)15-12-9-14-16-6-3-2-4-13(12)16/h2-4,6,9-11,15H,5,7-8H2,1H3. The zero-order chi connectivity index (χ0) is 11.7. The first-order valence-electron chi connectivity index (χ1n) is 6.13. The van der Waals surface area contributed by atoms with Crippen LogP contribution in [0.2, 0.25) is 0 Å². The van der Waals surface area contributed by atoms with E-state index in [1.807, 2.05) is 29.0 Å². The van der Waals surface area contributed by atoms with Gasteiger partial charge >= 0.3 is 0 Å². The molecule has 1 aliphatic heterocycles. The molecule has 1 fully saturated rings. The third-order valence-electron chi connectivity index (χ3n) is 3.27. The van der Waals surface area contributed by atoms with E-state index in [9.17, 15) is 0 Å². The van der Waals surface area contributed by atoms with Crippen LogP contribution in [0.1, 0.15) is 19.8 Å². The highest BCUT2D eigenvalue weighted by atomic mass is 16.5. The zero-order valence-electron chi connectivity index (χ0n) is 9.97. The van der Waals surface area contributed by atoms with Crippen molar-refractivity contribution in [3.05, 3.63) is 30.6 Å². The van der Waals surface area contributed by atoms with Crippen molar-refractivity contribution in [2.45, 2.75) is 31.9 Å². The number of fused-ring (bicyclic) bond motifs is 1. The van der Waals surface area contributed by atoms with Crippen LogP contribution in [0.25, 0.3) is 5.52 Å². The van der Waals surface area contributed by atoms with Gasteiger partial charge in [0.2, 0.25) is 0 Å². The lowest BCUT2D eigenvalue weighted by Gasteiger charge is -2.28. The van der Waals surface area contributed by atoms with Gasteiger partial charge in [0.15, 0.2) is 0 Å². The van der Waals surface area contributed by atoms with Crippen LogP contribution in [-0.4, -0.2) is 28.4 Å². The van der Waals surface area contributed by atoms with Gasteiger partial charge in [0.25, 0.3) is 0 Å². The van der Waals surface area contributed by atoms with Gasteiger partial charge in [0.1, 0.15) is 0 Å². The lowest BCUT2D eigenvalue weighted by Crippen LogP contribution is -2.32. The van der Waals surface area contributed by atoms with Crippen molar-refractivity contribution < 1.29 is 4.74 Å². The molecule has 90 valence electrons. The smallest absolute Gasteiger partial charge is 0.0893 e. The average Bonchev–Trinajstić information content (AvgIpc) is 2.73. The first-order chi connectivity index (χ1) is 8.33. The molecule has 3 heterocycles. The summed E-state index contributed by atoms with van der Waals surface area (Å²) in [5.41, 5.74) is 2.25. The molecule has 2 aromatic rings. The van der Waals surface area contributed by atoms with Crippen LogP contribution < -0.4 is 5.32 Å². The van der Waals surface area contributed by atoms with Crippen LogP contribution in [0, 0.1) is 0 Å². The molecule has 0 saturated carbocycles. The van der Waals surface area contributed by atoms with Gasteiger partial charge in [-0.05, 0) is 31.9 Å². The normalized spacial score (nSPS) is 25.0. The fourth-order valence-electron chi connectivity index (χ4n) is 2.39. The Hall–Kier alpha value is -1.55. The van der Waals surface area contributed by atoms with E-state index in [2.05, 4.69) is 23.4 Å². The number of nitrogens with one attached hydrogen (secondary N) is 1. The maximum atomic E-state index is 5.55. The quantitative estimate of drug-likeness (QED) is 0.862. The summed E-state index contributed by atoms with van der Waals surface area (Å²) in [6.45, 7) is 2.97. The van der Waals surface area contributed by atoms with Gasteiger partial charge in [0, 0.05) is 18.8 Å². The second-order valence-corrected chi connectivity index (χ2v) is 4.64. The van der Waals surface area contributed by atoms with Crippen molar-refractivity contribution in [3.8, 4) is 0 Å². The molecule has 1 N–H and O–H groups in total. The van der Waals surface area contributed by atoms with Crippen molar-refractivity contribution in [1.82, 2.24) is 9.61 Å². The van der Waals surface area contributed by atoms with Crippen LogP contribution in [0.15, 0.2) is 30.6 Å². The van der Waals surface area contributed by atoms with Gasteiger partial charge < -0.3 is 10.1 Å². The molecule has 4 nitrogen and oxygen atoms in total. The Morgan fingerprint density at radius 2 is 2.41 bits per heavy atom. The Morgan fingerprint density at radius 3 is 3.29 bits per heavy atom. The van der Waals surface area contributed by atoms with Gasteiger partial charge in [-0.25, -0.2) is 4.52 Å². The second-order valence-electron chi connectivity index (χ2n) is 4.64. The largest absolute Gasteiger partial charge is 0.379 e. The summed E-state index contributed by atoms with van der Waals surface area (Å²) in [5.74, 6) is 0. The minimum absolute atomic E-state index is 0.350. The lowest BCUT2D eigenvalue weighted by atomic mass is 10.0. The van der Waals surface area contributed by atoms with Gasteiger partial charge in [-0.15, -0.1) is 0 Å². The molecule has 0 aromatic carbocycles. The molecule has 0 spiro atoms. The van der Waals surface area contributed by atoms with E-state index in [-0.39, 0.29) is 0 Å². The Bertz CT molecular complexity index is 508. The van der Waals surface area contributed by atoms with Crippen molar-refractivity contribution in [2.24, 2.45) is 0 Å². The van der Waals surface area contributed by atoms with E-state index in [0.29, 0.717) is 12.1 Å². The number of aromatic nitrogens is 2. The predicted molar refractivity (Wildman–Crippen MR) is 67.3 cm³/mol. The summed E-state index contributed by atoms with van der Waals surface area (Å²) in [6, 6.07) is 6.60. The first-order valence-corrected chi connectivity index (χ1v) is 6.13. The first kappa shape index (κ1) is 10.6. The molecule has 1 saturated heterocycles. The second kappa shape index (κ2) is 4.37. The number of pyridine rings is 1. The van der Waals surface area contributed by atoms with Gasteiger partial charge in [-0.3, -0.25) is 0 Å². The maximum absolute atomic E-state index is 5.55. The highest BCUT2D eigenvalue weighted by Crippen LogP contribution is 2.21. The summed E-state index contributed by atoms with van der Waals surface area (Å²) in [4.78, 5) is 0. The molecule has 17 heavy (non-hydrogen) atoms. The third kappa shape index (κ3) is 2.13. The van der Waals surface area contributed by atoms with Gasteiger partial charge in [0.05, 0.1) is 23.5 Å². The zero-order valence-corrected chi connectivity index (χ0v) is 9.97. The number of ether oxygens (including phenoxy) is 1. The third-order valence-corrected chi connectivity index (χ3v) is 3.27. The molecule has 2 aromatic heterocycles. The Morgan fingerprint density at radius 1 is 1.47 bits per heavy atom. The number of hydrogen-bond donors (Lipinski definition) is 1. The molecule has 4 heteroatoms. The van der Waals surface area contributed by atoms with Crippen LogP contribution in [0.5, 0.6) is 0 Å². The average molecular weight is 231 g/mol. The fourth-order valence-corrected chi connectivity index (χ4v) is 2.39. The van der Waals surface area contributed by atoms with Crippen molar-refractivity contribution in [2.75, 3.05) is 11.9 Å². The molecule has 2 unspecified atom stereocenters. The van der Waals surface area contributed by atoms with Crippen LogP contribution in [0.3, 0.4) is 0 Å². The summed E-state index contributed by atoms with van der Waals surface area (Å²) < 4.78 is 7.45. The molecule has 0 aliphatic carbocycles. The van der Waals surface area contributed by atoms with Crippen molar-refractivity contribution in [3.63, 3.8) is 0 Å². The van der Waals surface area contributed by atoms with Gasteiger partial charge in [-0.1, -0.05) is 6.07 Å². The number of hydrogen-bond acceptors (Lipinski definition) is 3.